The van der Waals surface area contributed by atoms with Crippen LogP contribution in [0.5, 0.6) is 11.5 Å². The summed E-state index contributed by atoms with van der Waals surface area (Å²) in [4.78, 5) is 52.7. The Kier molecular flexibility index (Phi) is 11.5. The first-order valence-corrected chi connectivity index (χ1v) is 13.8. The van der Waals surface area contributed by atoms with Crippen LogP contribution in [0, 0.1) is 17.7 Å². The van der Waals surface area contributed by atoms with Gasteiger partial charge in [-0.2, -0.15) is 0 Å². The number of rotatable bonds is 8. The quantitative estimate of drug-likeness (QED) is 0.361. The van der Waals surface area contributed by atoms with Crippen LogP contribution in [0.2, 0.25) is 0 Å². The fourth-order valence-electron chi connectivity index (χ4n) is 4.39. The fourth-order valence-corrected chi connectivity index (χ4v) is 4.39. The smallest absolute Gasteiger partial charge is 0.255 e. The van der Waals surface area contributed by atoms with E-state index in [1.165, 1.54) is 24.3 Å². The van der Waals surface area contributed by atoms with Gasteiger partial charge in [-0.05, 0) is 54.7 Å². The van der Waals surface area contributed by atoms with E-state index in [-0.39, 0.29) is 49.1 Å². The van der Waals surface area contributed by atoms with Gasteiger partial charge in [-0.1, -0.05) is 39.8 Å². The summed E-state index contributed by atoms with van der Waals surface area (Å²) in [5.74, 6) is -1.76. The zero-order valence-corrected chi connectivity index (χ0v) is 23.9. The standard InChI is InChI=1S/C30H39FN4O6/c1-18(2)15-21-17-41-25-8-6-5-7-23(25)28(37)34-24(16-26(36)35-27(19(3)4)30(39)33-21)29(38)32-13-14-40-22-11-9-20(31)10-12-22/h5-12,18-19,21,24,27H,13-17H2,1-4H3,(H,32,38)(H,33,39)(H,34,37)(H,35,36)/t21-,24+,27-/m1/s1. The number of para-hydroxylation sites is 1. The van der Waals surface area contributed by atoms with Gasteiger partial charge in [0, 0.05) is 0 Å². The Hall–Kier alpha value is -4.15. The van der Waals surface area contributed by atoms with Crippen molar-refractivity contribution in [3.8, 4) is 11.5 Å². The van der Waals surface area contributed by atoms with Gasteiger partial charge in [-0.3, -0.25) is 19.2 Å². The number of hydrogen-bond acceptors (Lipinski definition) is 6. The summed E-state index contributed by atoms with van der Waals surface area (Å²) in [7, 11) is 0. The first-order valence-electron chi connectivity index (χ1n) is 13.8. The number of halogens is 1. The molecule has 1 aliphatic heterocycles. The zero-order chi connectivity index (χ0) is 29.9. The highest BCUT2D eigenvalue weighted by atomic mass is 19.1. The molecule has 0 aliphatic carbocycles. The summed E-state index contributed by atoms with van der Waals surface area (Å²) < 4.78 is 24.6. The van der Waals surface area contributed by atoms with E-state index in [1.54, 1.807) is 24.3 Å². The van der Waals surface area contributed by atoms with Crippen molar-refractivity contribution in [3.05, 3.63) is 59.9 Å². The summed E-state index contributed by atoms with van der Waals surface area (Å²) in [6, 6.07) is 9.59. The lowest BCUT2D eigenvalue weighted by atomic mass is 10.00. The predicted octanol–water partition coefficient (Wildman–Crippen LogP) is 2.57. The van der Waals surface area contributed by atoms with Crippen molar-refractivity contribution >= 4 is 23.6 Å². The molecular weight excluding hydrogens is 531 g/mol. The minimum atomic E-state index is -1.24. The highest BCUT2D eigenvalue weighted by molar-refractivity contribution is 6.01. The van der Waals surface area contributed by atoms with Gasteiger partial charge in [0.25, 0.3) is 5.91 Å². The van der Waals surface area contributed by atoms with E-state index < -0.39 is 42.0 Å². The van der Waals surface area contributed by atoms with Crippen LogP contribution in [-0.2, 0) is 14.4 Å². The summed E-state index contributed by atoms with van der Waals surface area (Å²) in [6.07, 6.45) is 0.233. The lowest BCUT2D eigenvalue weighted by Crippen LogP contribution is -2.55. The van der Waals surface area contributed by atoms with E-state index in [4.69, 9.17) is 9.47 Å². The van der Waals surface area contributed by atoms with Crippen molar-refractivity contribution in [2.24, 2.45) is 11.8 Å². The van der Waals surface area contributed by atoms with Crippen LogP contribution < -0.4 is 30.7 Å². The highest BCUT2D eigenvalue weighted by Gasteiger charge is 2.31. The molecule has 11 heteroatoms. The molecule has 4 amide bonds. The number of hydrogen-bond donors (Lipinski definition) is 4. The average Bonchev–Trinajstić information content (AvgIpc) is 2.92. The Morgan fingerprint density at radius 2 is 1.73 bits per heavy atom. The first-order chi connectivity index (χ1) is 19.5. The van der Waals surface area contributed by atoms with Gasteiger partial charge in [-0.15, -0.1) is 0 Å². The Morgan fingerprint density at radius 1 is 1.02 bits per heavy atom. The molecule has 0 saturated heterocycles. The maximum atomic E-state index is 13.3. The normalized spacial score (nSPS) is 20.2. The number of carbonyl (C=O) groups excluding carboxylic acids is 4. The molecule has 0 bridgehead atoms. The van der Waals surface area contributed by atoms with Crippen molar-refractivity contribution in [2.75, 3.05) is 19.8 Å². The molecular formula is C30H39FN4O6. The maximum absolute atomic E-state index is 13.3. The molecule has 41 heavy (non-hydrogen) atoms. The van der Waals surface area contributed by atoms with Crippen LogP contribution in [0.4, 0.5) is 4.39 Å². The van der Waals surface area contributed by atoms with Crippen LogP contribution in [0.1, 0.15) is 50.9 Å². The summed E-state index contributed by atoms with van der Waals surface area (Å²) in [5, 5.41) is 11.0. The lowest BCUT2D eigenvalue weighted by molar-refractivity contribution is -0.132. The Bertz CT molecular complexity index is 1200. The lowest BCUT2D eigenvalue weighted by Gasteiger charge is -2.28. The van der Waals surface area contributed by atoms with Crippen molar-refractivity contribution in [1.29, 1.82) is 0 Å². The number of fused-ring (bicyclic) bond motifs is 1. The zero-order valence-electron chi connectivity index (χ0n) is 23.9. The molecule has 4 N–H and O–H groups in total. The van der Waals surface area contributed by atoms with Crippen molar-refractivity contribution in [3.63, 3.8) is 0 Å². The second-order valence-electron chi connectivity index (χ2n) is 10.8. The van der Waals surface area contributed by atoms with Gasteiger partial charge in [-0.25, -0.2) is 4.39 Å². The number of ether oxygens (including phenoxy) is 2. The van der Waals surface area contributed by atoms with Gasteiger partial charge in [0.2, 0.25) is 17.7 Å². The molecule has 2 aromatic carbocycles. The van der Waals surface area contributed by atoms with E-state index >= 15 is 0 Å². The Labute approximate surface area is 239 Å². The number of amides is 4. The van der Waals surface area contributed by atoms with Crippen LogP contribution in [0.25, 0.3) is 0 Å². The molecule has 0 fully saturated rings. The molecule has 2 aromatic rings. The molecule has 3 atom stereocenters. The molecule has 0 aromatic heterocycles. The molecule has 0 saturated carbocycles. The Balaban J connectivity index is 1.79. The monoisotopic (exact) mass is 570 g/mol. The van der Waals surface area contributed by atoms with Crippen LogP contribution in [0.15, 0.2) is 48.5 Å². The van der Waals surface area contributed by atoms with Gasteiger partial charge in [0.15, 0.2) is 0 Å². The van der Waals surface area contributed by atoms with Crippen molar-refractivity contribution < 1.29 is 33.0 Å². The predicted molar refractivity (Wildman–Crippen MR) is 151 cm³/mol. The molecule has 1 aliphatic rings. The average molecular weight is 571 g/mol. The summed E-state index contributed by atoms with van der Waals surface area (Å²) >= 11 is 0. The highest BCUT2D eigenvalue weighted by Crippen LogP contribution is 2.20. The van der Waals surface area contributed by atoms with Gasteiger partial charge in [0.05, 0.1) is 24.6 Å². The molecule has 222 valence electrons. The second kappa shape index (κ2) is 15.0. The SMILES string of the molecule is CC(C)C[C@@H]1COc2ccccc2C(=O)N[C@H](C(=O)NCCOc2ccc(F)cc2)CC(=O)N[C@H](C(C)C)C(=O)N1. The van der Waals surface area contributed by atoms with E-state index in [1.807, 2.05) is 27.7 Å². The van der Waals surface area contributed by atoms with E-state index in [9.17, 15) is 23.6 Å². The van der Waals surface area contributed by atoms with Crippen molar-refractivity contribution in [2.45, 2.75) is 58.7 Å². The molecule has 3 rings (SSSR count). The minimum Gasteiger partial charge on any atom is -0.492 e. The molecule has 10 nitrogen and oxygen atoms in total. The molecule has 1 heterocycles. The first kappa shape index (κ1) is 31.4. The largest absolute Gasteiger partial charge is 0.492 e. The third kappa shape index (κ3) is 9.77. The van der Waals surface area contributed by atoms with Gasteiger partial charge < -0.3 is 30.7 Å². The third-order valence-corrected chi connectivity index (χ3v) is 6.43. The maximum Gasteiger partial charge on any atom is 0.255 e. The molecule has 0 unspecified atom stereocenters. The molecule has 0 radical (unpaired) electrons. The van der Waals surface area contributed by atoms with E-state index in [0.717, 1.165) is 0 Å². The van der Waals surface area contributed by atoms with Crippen LogP contribution in [-0.4, -0.2) is 61.5 Å². The topological polar surface area (TPSA) is 135 Å². The third-order valence-electron chi connectivity index (χ3n) is 6.43. The number of carbonyl (C=O) groups is 4. The Morgan fingerprint density at radius 3 is 2.41 bits per heavy atom. The van der Waals surface area contributed by atoms with Gasteiger partial charge >= 0.3 is 0 Å². The summed E-state index contributed by atoms with van der Waals surface area (Å²) in [6.45, 7) is 7.94. The van der Waals surface area contributed by atoms with Crippen LogP contribution >= 0.6 is 0 Å². The van der Waals surface area contributed by atoms with E-state index in [2.05, 4.69) is 21.3 Å². The molecule has 0 spiro atoms. The number of benzene rings is 2. The number of nitrogens with one attached hydrogen (secondary N) is 4. The fraction of sp³-hybridized carbons (Fsp3) is 0.467. The van der Waals surface area contributed by atoms with Crippen molar-refractivity contribution in [1.82, 2.24) is 21.3 Å². The van der Waals surface area contributed by atoms with E-state index in [0.29, 0.717) is 17.9 Å². The minimum absolute atomic E-state index is 0.0676. The van der Waals surface area contributed by atoms with Gasteiger partial charge in [0.1, 0.15) is 42.6 Å². The second-order valence-corrected chi connectivity index (χ2v) is 10.8. The van der Waals surface area contributed by atoms with Crippen LogP contribution in [0.3, 0.4) is 0 Å². The summed E-state index contributed by atoms with van der Waals surface area (Å²) in [5.41, 5.74) is 0.192.